The number of hydrogen-bond acceptors (Lipinski definition) is 2. The van der Waals surface area contributed by atoms with Crippen LogP contribution in [0.5, 0.6) is 0 Å². The molecule has 3 heteroatoms. The molecule has 0 bridgehead atoms. The van der Waals surface area contributed by atoms with Crippen molar-refractivity contribution in [3.8, 4) is 11.8 Å². The van der Waals surface area contributed by atoms with E-state index < -0.39 is 0 Å². The van der Waals surface area contributed by atoms with E-state index in [0.717, 1.165) is 30.4 Å². The van der Waals surface area contributed by atoms with Crippen LogP contribution in [0.1, 0.15) is 50.3 Å². The van der Waals surface area contributed by atoms with Gasteiger partial charge in [0.25, 0.3) is 0 Å². The van der Waals surface area contributed by atoms with Gasteiger partial charge >= 0.3 is 6.09 Å². The van der Waals surface area contributed by atoms with Gasteiger partial charge in [-0.25, -0.2) is 4.79 Å². The maximum Gasteiger partial charge on any atom is 0.415 e. The van der Waals surface area contributed by atoms with Crippen LogP contribution < -0.4 is 0 Å². The summed E-state index contributed by atoms with van der Waals surface area (Å²) in [7, 11) is 0. The predicted octanol–water partition coefficient (Wildman–Crippen LogP) is 4.36. The Morgan fingerprint density at radius 1 is 1.33 bits per heavy atom. The molecule has 0 N–H and O–H groups in total. The molecule has 0 radical (unpaired) electrons. The van der Waals surface area contributed by atoms with E-state index in [0.29, 0.717) is 6.61 Å². The molecule has 110 valence electrons. The monoisotopic (exact) mass is 283 g/mol. The highest BCUT2D eigenvalue weighted by molar-refractivity contribution is 5.74. The number of rotatable bonds is 3. The highest BCUT2D eigenvalue weighted by atomic mass is 16.6. The van der Waals surface area contributed by atoms with Crippen molar-refractivity contribution in [2.24, 2.45) is 0 Å². The minimum atomic E-state index is -0.349. The number of amides is 1. The second-order valence-electron chi connectivity index (χ2n) is 4.88. The van der Waals surface area contributed by atoms with Crippen LogP contribution in [0, 0.1) is 11.8 Å². The fraction of sp³-hybridized carbons (Fsp3) is 0.389. The molecule has 1 aromatic carbocycles. The molecule has 1 unspecified atom stereocenters. The summed E-state index contributed by atoms with van der Waals surface area (Å²) in [4.78, 5) is 13.7. The van der Waals surface area contributed by atoms with Crippen molar-refractivity contribution < 1.29 is 9.53 Å². The summed E-state index contributed by atoms with van der Waals surface area (Å²) in [6, 6.07) is 7.76. The smallest absolute Gasteiger partial charge is 0.415 e. The van der Waals surface area contributed by atoms with Crippen molar-refractivity contribution in [2.75, 3.05) is 6.61 Å². The van der Waals surface area contributed by atoms with Crippen molar-refractivity contribution in [3.05, 3.63) is 41.6 Å². The molecule has 3 nitrogen and oxygen atoms in total. The fourth-order valence-electron chi connectivity index (χ4n) is 2.25. The Labute approximate surface area is 126 Å². The van der Waals surface area contributed by atoms with Crippen LogP contribution in [0.4, 0.5) is 4.79 Å². The minimum Gasteiger partial charge on any atom is -0.449 e. The molecule has 0 fully saturated rings. The van der Waals surface area contributed by atoms with Gasteiger partial charge in [-0.1, -0.05) is 43.5 Å². The highest BCUT2D eigenvalue weighted by Crippen LogP contribution is 2.30. The van der Waals surface area contributed by atoms with Gasteiger partial charge in [0.15, 0.2) is 0 Å². The molecular weight excluding hydrogens is 262 g/mol. The molecule has 1 aliphatic heterocycles. The molecule has 1 atom stereocenters. The number of unbranched alkanes of at least 4 members (excludes halogenated alkanes) is 2. The lowest BCUT2D eigenvalue weighted by atomic mass is 9.96. The molecule has 0 spiro atoms. The van der Waals surface area contributed by atoms with E-state index in [4.69, 9.17) is 4.74 Å². The Balaban J connectivity index is 2.28. The first-order valence-corrected chi connectivity index (χ1v) is 7.48. The number of hydrogen-bond donors (Lipinski definition) is 0. The zero-order chi connectivity index (χ0) is 15.1. The Kier molecular flexibility index (Phi) is 5.45. The molecule has 1 amide bonds. The molecular formula is C18H21NO2. The van der Waals surface area contributed by atoms with Crippen LogP contribution in [0.15, 0.2) is 30.5 Å². The van der Waals surface area contributed by atoms with Gasteiger partial charge in [0.2, 0.25) is 0 Å². The number of benzene rings is 1. The highest BCUT2D eigenvalue weighted by Gasteiger charge is 2.27. The molecule has 0 aliphatic carbocycles. The first kappa shape index (κ1) is 15.2. The van der Waals surface area contributed by atoms with E-state index in [1.54, 1.807) is 18.0 Å². The zero-order valence-electron chi connectivity index (χ0n) is 12.6. The lowest BCUT2D eigenvalue weighted by Gasteiger charge is -2.29. The van der Waals surface area contributed by atoms with Crippen molar-refractivity contribution in [1.82, 2.24) is 4.90 Å². The molecule has 0 saturated carbocycles. The second-order valence-corrected chi connectivity index (χ2v) is 4.88. The van der Waals surface area contributed by atoms with Crippen LogP contribution in [-0.2, 0) is 4.74 Å². The van der Waals surface area contributed by atoms with Crippen LogP contribution >= 0.6 is 0 Å². The molecule has 0 saturated heterocycles. The first-order chi connectivity index (χ1) is 10.3. The molecule has 21 heavy (non-hydrogen) atoms. The molecule has 2 rings (SSSR count). The maximum atomic E-state index is 12.1. The Hall–Kier alpha value is -2.21. The normalized spacial score (nSPS) is 15.9. The fourth-order valence-corrected chi connectivity index (χ4v) is 2.25. The maximum absolute atomic E-state index is 12.1. The molecule has 1 aromatic rings. The van der Waals surface area contributed by atoms with Crippen LogP contribution in [0.25, 0.3) is 6.08 Å². The third-order valence-corrected chi connectivity index (χ3v) is 3.36. The van der Waals surface area contributed by atoms with Crippen molar-refractivity contribution in [1.29, 1.82) is 0 Å². The van der Waals surface area contributed by atoms with E-state index in [1.807, 2.05) is 30.3 Å². The Bertz CT molecular complexity index is 580. The van der Waals surface area contributed by atoms with Gasteiger partial charge in [-0.2, -0.15) is 0 Å². The van der Waals surface area contributed by atoms with E-state index in [1.165, 1.54) is 0 Å². The summed E-state index contributed by atoms with van der Waals surface area (Å²) in [5.41, 5.74) is 2.16. The average molecular weight is 283 g/mol. The third-order valence-electron chi connectivity index (χ3n) is 3.36. The van der Waals surface area contributed by atoms with Crippen molar-refractivity contribution in [3.63, 3.8) is 0 Å². The van der Waals surface area contributed by atoms with Gasteiger partial charge in [0.05, 0.1) is 6.61 Å². The summed E-state index contributed by atoms with van der Waals surface area (Å²) in [6.07, 6.45) is 6.40. The Morgan fingerprint density at radius 3 is 2.90 bits per heavy atom. The summed E-state index contributed by atoms with van der Waals surface area (Å²) < 4.78 is 5.12. The van der Waals surface area contributed by atoms with E-state index in [-0.39, 0.29) is 12.1 Å². The molecule has 0 aromatic heterocycles. The number of fused-ring (bicyclic) bond motifs is 1. The van der Waals surface area contributed by atoms with Gasteiger partial charge in [0.1, 0.15) is 6.04 Å². The number of carbonyl (C=O) groups is 1. The van der Waals surface area contributed by atoms with E-state index in [2.05, 4.69) is 18.8 Å². The quantitative estimate of drug-likeness (QED) is 0.609. The van der Waals surface area contributed by atoms with Gasteiger partial charge in [-0.3, -0.25) is 4.90 Å². The van der Waals surface area contributed by atoms with Gasteiger partial charge < -0.3 is 4.74 Å². The van der Waals surface area contributed by atoms with Crippen LogP contribution in [-0.4, -0.2) is 17.6 Å². The molecule has 1 heterocycles. The van der Waals surface area contributed by atoms with E-state index >= 15 is 0 Å². The zero-order valence-corrected chi connectivity index (χ0v) is 12.6. The first-order valence-electron chi connectivity index (χ1n) is 7.48. The standard InChI is InChI=1S/C18H21NO2/c1-3-5-6-7-12-17-16-11-9-8-10-15(16)13-14-19(17)18(20)21-4-2/h8-11,13-14,17H,3-6H2,1-2H3. The van der Waals surface area contributed by atoms with Gasteiger partial charge in [-0.15, -0.1) is 5.92 Å². The van der Waals surface area contributed by atoms with Crippen LogP contribution in [0.2, 0.25) is 0 Å². The van der Waals surface area contributed by atoms with Crippen LogP contribution in [0.3, 0.4) is 0 Å². The number of carbonyl (C=O) groups excluding carboxylic acids is 1. The Morgan fingerprint density at radius 2 is 2.14 bits per heavy atom. The van der Waals surface area contributed by atoms with E-state index in [9.17, 15) is 4.79 Å². The minimum absolute atomic E-state index is 0.262. The van der Waals surface area contributed by atoms with Gasteiger partial charge in [-0.05, 0) is 30.5 Å². The average Bonchev–Trinajstić information content (AvgIpc) is 2.51. The van der Waals surface area contributed by atoms with Crippen molar-refractivity contribution in [2.45, 2.75) is 39.2 Å². The number of ether oxygens (including phenoxy) is 1. The summed E-state index contributed by atoms with van der Waals surface area (Å²) in [6.45, 7) is 4.31. The number of nitrogens with zero attached hydrogens (tertiary/aromatic N) is 1. The summed E-state index contributed by atoms with van der Waals surface area (Å²) in [5, 5.41) is 0. The lowest BCUT2D eigenvalue weighted by Crippen LogP contribution is -2.32. The van der Waals surface area contributed by atoms with Gasteiger partial charge in [0, 0.05) is 12.6 Å². The summed E-state index contributed by atoms with van der Waals surface area (Å²) in [5.74, 6) is 6.42. The summed E-state index contributed by atoms with van der Waals surface area (Å²) >= 11 is 0. The predicted molar refractivity (Wildman–Crippen MR) is 84.4 cm³/mol. The largest absolute Gasteiger partial charge is 0.449 e. The third kappa shape index (κ3) is 3.66. The second kappa shape index (κ2) is 7.54. The molecule has 1 aliphatic rings. The lowest BCUT2D eigenvalue weighted by molar-refractivity contribution is 0.116. The SMILES string of the molecule is CCCCC#CC1c2ccccc2C=CN1C(=O)OCC. The van der Waals surface area contributed by atoms with Crippen molar-refractivity contribution >= 4 is 12.2 Å². The topological polar surface area (TPSA) is 29.5 Å².